The summed E-state index contributed by atoms with van der Waals surface area (Å²) in [5.41, 5.74) is -2.83. The van der Waals surface area contributed by atoms with Crippen LogP contribution in [0, 0.1) is 0 Å². The quantitative estimate of drug-likeness (QED) is 0.133. The maximum absolute atomic E-state index is 15.5. The van der Waals surface area contributed by atoms with Gasteiger partial charge in [-0.3, -0.25) is 19.4 Å². The van der Waals surface area contributed by atoms with E-state index < -0.39 is 53.7 Å². The van der Waals surface area contributed by atoms with E-state index in [0.29, 0.717) is 77.8 Å². The standard InChI is InChI=1S/C39H47ClF3N7O7/c40-31-8-1-2-9-32(31)55-34(36(52)49-26-12-19-45-20-13-26)38(37(53)50-27-14-21-46-22-15-27,56-28-5-3-6-29(23-28)57-39(41,42)43)33(54-30-7-4-16-47-24-30)35(51)48-25-10-17-44-18-11-25/h1-9,16,23-27,33-34,44-46H,10-15,17-22H2,(H,48,51)(H,49,52)(H,50,53). The minimum Gasteiger partial charge on any atom is -0.474 e. The Hall–Kier alpha value is -4.84. The highest BCUT2D eigenvalue weighted by molar-refractivity contribution is 6.32. The first-order valence-electron chi connectivity index (χ1n) is 19.1. The second kappa shape index (κ2) is 19.5. The molecule has 0 radical (unpaired) electrons. The molecule has 0 bridgehead atoms. The van der Waals surface area contributed by atoms with E-state index in [1.165, 1.54) is 42.7 Å². The first kappa shape index (κ1) is 41.8. The van der Waals surface area contributed by atoms with Crippen LogP contribution in [0.5, 0.6) is 23.0 Å². The average Bonchev–Trinajstić information content (AvgIpc) is 3.20. The Morgan fingerprint density at radius 2 is 1.18 bits per heavy atom. The Morgan fingerprint density at radius 1 is 0.667 bits per heavy atom. The minimum atomic E-state index is -5.08. The van der Waals surface area contributed by atoms with Gasteiger partial charge in [0.25, 0.3) is 23.3 Å². The fourth-order valence-corrected chi connectivity index (χ4v) is 7.28. The lowest BCUT2D eigenvalue weighted by atomic mass is 9.85. The minimum absolute atomic E-state index is 0.0232. The molecule has 3 fully saturated rings. The molecular weight excluding hydrogens is 771 g/mol. The second-order valence-corrected chi connectivity index (χ2v) is 14.5. The number of carbonyl (C=O) groups is 3. The number of alkyl halides is 3. The maximum atomic E-state index is 15.5. The van der Waals surface area contributed by atoms with Gasteiger partial charge in [-0.15, -0.1) is 13.2 Å². The first-order valence-corrected chi connectivity index (χ1v) is 19.4. The third-order valence-electron chi connectivity index (χ3n) is 9.95. The predicted octanol–water partition coefficient (Wildman–Crippen LogP) is 3.25. The molecule has 3 atom stereocenters. The summed E-state index contributed by atoms with van der Waals surface area (Å²) >= 11 is 6.63. The van der Waals surface area contributed by atoms with Gasteiger partial charge >= 0.3 is 6.36 Å². The van der Waals surface area contributed by atoms with E-state index in [-0.39, 0.29) is 34.4 Å². The van der Waals surface area contributed by atoms with Crippen molar-refractivity contribution < 1.29 is 46.5 Å². The van der Waals surface area contributed by atoms with Crippen molar-refractivity contribution in [2.45, 2.75) is 80.8 Å². The number of nitrogens with one attached hydrogen (secondary N) is 6. The van der Waals surface area contributed by atoms with Gasteiger partial charge in [-0.2, -0.15) is 0 Å². The van der Waals surface area contributed by atoms with Gasteiger partial charge in [-0.05, 0) is 114 Å². The third kappa shape index (κ3) is 11.4. The number of amides is 3. The molecule has 3 saturated heterocycles. The van der Waals surface area contributed by atoms with Crippen LogP contribution < -0.4 is 50.8 Å². The highest BCUT2D eigenvalue weighted by Gasteiger charge is 2.64. The molecule has 3 unspecified atom stereocenters. The van der Waals surface area contributed by atoms with E-state index in [2.05, 4.69) is 41.6 Å². The summed E-state index contributed by atoms with van der Waals surface area (Å²) in [4.78, 5) is 49.7. The Bertz CT molecular complexity index is 1800. The van der Waals surface area contributed by atoms with Gasteiger partial charge in [0.15, 0.2) is 0 Å². The number of piperidine rings is 3. The number of ether oxygens (including phenoxy) is 4. The SMILES string of the molecule is O=C(NC1CCNCC1)C(Oc1cccnc1)C(Oc1cccc(OC(F)(F)F)c1)(C(=O)NC1CCNCC1)C(Oc1ccccc1Cl)C(=O)NC1CCNCC1. The summed E-state index contributed by atoms with van der Waals surface area (Å²) in [5.74, 6) is -3.78. The van der Waals surface area contributed by atoms with Gasteiger partial charge in [0.2, 0.25) is 12.2 Å². The van der Waals surface area contributed by atoms with Crippen LogP contribution in [0.15, 0.2) is 73.1 Å². The van der Waals surface area contributed by atoms with Gasteiger partial charge in [0, 0.05) is 30.4 Å². The number of rotatable bonds is 15. The molecule has 14 nitrogen and oxygen atoms in total. The average molecular weight is 818 g/mol. The summed E-state index contributed by atoms with van der Waals surface area (Å²) < 4.78 is 64.4. The molecule has 1 aromatic heterocycles. The van der Waals surface area contributed by atoms with Gasteiger partial charge in [0.05, 0.1) is 11.2 Å². The zero-order chi connectivity index (χ0) is 40.3. The molecular formula is C39H47ClF3N7O7. The molecule has 2 aromatic carbocycles. The lowest BCUT2D eigenvalue weighted by molar-refractivity contribution is -0.274. The van der Waals surface area contributed by atoms with Crippen molar-refractivity contribution in [1.82, 2.24) is 36.9 Å². The van der Waals surface area contributed by atoms with Crippen LogP contribution in [-0.4, -0.2) is 104 Å². The van der Waals surface area contributed by atoms with Crippen molar-refractivity contribution in [3.05, 3.63) is 78.1 Å². The number of hydrogen-bond donors (Lipinski definition) is 6. The third-order valence-corrected chi connectivity index (χ3v) is 10.3. The summed E-state index contributed by atoms with van der Waals surface area (Å²) in [6.45, 7) is 3.49. The maximum Gasteiger partial charge on any atom is 0.573 e. The van der Waals surface area contributed by atoms with Crippen LogP contribution in [0.4, 0.5) is 13.2 Å². The fourth-order valence-electron chi connectivity index (χ4n) is 7.10. The molecule has 3 aromatic rings. The molecule has 0 aliphatic carbocycles. The normalized spacial score (nSPS) is 19.2. The largest absolute Gasteiger partial charge is 0.573 e. The smallest absolute Gasteiger partial charge is 0.474 e. The Kier molecular flexibility index (Phi) is 14.3. The molecule has 18 heteroatoms. The van der Waals surface area contributed by atoms with Crippen molar-refractivity contribution >= 4 is 29.3 Å². The summed E-state index contributed by atoms with van der Waals surface area (Å²) in [6, 6.07) is 12.5. The van der Waals surface area contributed by atoms with E-state index in [0.717, 1.165) is 12.1 Å². The van der Waals surface area contributed by atoms with Gasteiger partial charge in [0.1, 0.15) is 23.0 Å². The molecule has 6 rings (SSSR count). The molecule has 4 heterocycles. The van der Waals surface area contributed by atoms with E-state index in [9.17, 15) is 18.0 Å². The zero-order valence-corrected chi connectivity index (χ0v) is 31.9. The molecule has 308 valence electrons. The molecule has 0 saturated carbocycles. The lowest BCUT2D eigenvalue weighted by Crippen LogP contribution is -2.75. The molecule has 3 amide bonds. The predicted molar refractivity (Wildman–Crippen MR) is 203 cm³/mol. The number of benzene rings is 2. The fraction of sp³-hybridized carbons (Fsp3) is 0.487. The van der Waals surface area contributed by atoms with E-state index >= 15 is 9.59 Å². The number of hydrogen-bond acceptors (Lipinski definition) is 11. The van der Waals surface area contributed by atoms with Crippen molar-refractivity contribution in [2.24, 2.45) is 0 Å². The van der Waals surface area contributed by atoms with E-state index in [4.69, 9.17) is 25.8 Å². The van der Waals surface area contributed by atoms with Crippen LogP contribution in [-0.2, 0) is 14.4 Å². The Balaban J connectivity index is 1.58. The van der Waals surface area contributed by atoms with Crippen LogP contribution >= 0.6 is 11.6 Å². The zero-order valence-electron chi connectivity index (χ0n) is 31.1. The molecule has 6 N–H and O–H groups in total. The highest BCUT2D eigenvalue weighted by atomic mass is 35.5. The summed E-state index contributed by atoms with van der Waals surface area (Å²) in [6.07, 6.45) is -3.31. The number of halogens is 4. The second-order valence-electron chi connectivity index (χ2n) is 14.1. The number of carbonyl (C=O) groups excluding carboxylic acids is 3. The summed E-state index contributed by atoms with van der Waals surface area (Å²) in [7, 11) is 0. The van der Waals surface area contributed by atoms with Crippen LogP contribution in [0.3, 0.4) is 0 Å². The van der Waals surface area contributed by atoms with Crippen molar-refractivity contribution in [3.8, 4) is 23.0 Å². The van der Waals surface area contributed by atoms with Crippen molar-refractivity contribution in [2.75, 3.05) is 39.3 Å². The number of para-hydroxylation sites is 1. The van der Waals surface area contributed by atoms with Crippen LogP contribution in [0.1, 0.15) is 38.5 Å². The molecule has 3 aliphatic heterocycles. The van der Waals surface area contributed by atoms with Gasteiger partial charge in [-0.25, -0.2) is 0 Å². The van der Waals surface area contributed by atoms with Crippen LogP contribution in [0.25, 0.3) is 0 Å². The molecule has 3 aliphatic rings. The van der Waals surface area contributed by atoms with E-state index in [1.54, 1.807) is 18.2 Å². The van der Waals surface area contributed by atoms with Crippen molar-refractivity contribution in [3.63, 3.8) is 0 Å². The molecule has 57 heavy (non-hydrogen) atoms. The van der Waals surface area contributed by atoms with Gasteiger partial charge < -0.3 is 50.8 Å². The Morgan fingerprint density at radius 3 is 1.70 bits per heavy atom. The van der Waals surface area contributed by atoms with Crippen LogP contribution in [0.2, 0.25) is 5.02 Å². The first-order chi connectivity index (χ1) is 27.5. The highest BCUT2D eigenvalue weighted by Crippen LogP contribution is 2.37. The summed E-state index contributed by atoms with van der Waals surface area (Å²) in [5, 5.41) is 18.8. The number of aromatic nitrogens is 1. The molecule has 0 spiro atoms. The van der Waals surface area contributed by atoms with E-state index in [1.807, 2.05) is 0 Å². The van der Waals surface area contributed by atoms with Crippen molar-refractivity contribution in [1.29, 1.82) is 0 Å². The topological polar surface area (TPSA) is 173 Å². The number of nitrogens with zero attached hydrogens (tertiary/aromatic N) is 1. The Labute approximate surface area is 333 Å². The number of pyridine rings is 1. The lowest BCUT2D eigenvalue weighted by Gasteiger charge is -2.44. The monoisotopic (exact) mass is 817 g/mol. The van der Waals surface area contributed by atoms with Gasteiger partial charge in [-0.1, -0.05) is 29.8 Å².